The van der Waals surface area contributed by atoms with E-state index in [1.807, 2.05) is 6.92 Å². The number of hydrogen-bond donors (Lipinski definition) is 0. The molecule has 4 heteroatoms. The van der Waals surface area contributed by atoms with Gasteiger partial charge in [0.25, 0.3) is 0 Å². The fourth-order valence-electron chi connectivity index (χ4n) is 0.517. The first-order valence-corrected chi connectivity index (χ1v) is 3.99. The summed E-state index contributed by atoms with van der Waals surface area (Å²) in [6.07, 6.45) is 0.994. The van der Waals surface area contributed by atoms with E-state index in [2.05, 4.69) is 0 Å². The molecule has 0 fully saturated rings. The van der Waals surface area contributed by atoms with Crippen molar-refractivity contribution in [3.8, 4) is 0 Å². The molecule has 0 aliphatic carbocycles. The highest BCUT2D eigenvalue weighted by molar-refractivity contribution is 6.63. The predicted molar refractivity (Wildman–Crippen MR) is 42.8 cm³/mol. The normalized spacial score (nSPS) is 10.0. The quantitative estimate of drug-likeness (QED) is 0.436. The number of carbonyl (C=O) groups is 1. The van der Waals surface area contributed by atoms with Gasteiger partial charge >= 0.3 is 0 Å². The highest BCUT2D eigenvalue weighted by Gasteiger charge is 1.94. The van der Waals surface area contributed by atoms with E-state index in [1.54, 1.807) is 0 Å². The van der Waals surface area contributed by atoms with Crippen LogP contribution in [0.3, 0.4) is 0 Å². The van der Waals surface area contributed by atoms with Gasteiger partial charge in [0.1, 0.15) is 6.61 Å². The Morgan fingerprint density at radius 3 is 2.45 bits per heavy atom. The van der Waals surface area contributed by atoms with Gasteiger partial charge in [-0.1, -0.05) is 6.92 Å². The van der Waals surface area contributed by atoms with E-state index >= 15 is 0 Å². The van der Waals surface area contributed by atoms with Gasteiger partial charge in [-0.25, -0.2) is 0 Å². The van der Waals surface area contributed by atoms with Crippen LogP contribution in [0.4, 0.5) is 0 Å². The molecule has 0 heterocycles. The van der Waals surface area contributed by atoms with Crippen LogP contribution < -0.4 is 0 Å². The van der Waals surface area contributed by atoms with E-state index in [4.69, 9.17) is 21.1 Å². The van der Waals surface area contributed by atoms with Gasteiger partial charge in [-0.15, -0.1) is 0 Å². The van der Waals surface area contributed by atoms with Crippen LogP contribution in [0, 0.1) is 0 Å². The highest BCUT2D eigenvalue weighted by atomic mass is 35.5. The summed E-state index contributed by atoms with van der Waals surface area (Å²) in [6, 6.07) is 0. The predicted octanol–water partition coefficient (Wildman–Crippen LogP) is 1.20. The number of ether oxygens (including phenoxy) is 2. The van der Waals surface area contributed by atoms with Crippen molar-refractivity contribution in [2.75, 3.05) is 26.4 Å². The second kappa shape index (κ2) is 7.98. The molecule has 0 radical (unpaired) electrons. The van der Waals surface area contributed by atoms with Crippen LogP contribution in [0.1, 0.15) is 13.3 Å². The molecule has 0 aromatic carbocycles. The van der Waals surface area contributed by atoms with Gasteiger partial charge < -0.3 is 9.47 Å². The maximum absolute atomic E-state index is 10.1. The van der Waals surface area contributed by atoms with E-state index in [0.29, 0.717) is 13.2 Å². The van der Waals surface area contributed by atoms with E-state index in [9.17, 15) is 4.79 Å². The lowest BCUT2D eigenvalue weighted by Crippen LogP contribution is -2.08. The molecule has 0 aromatic heterocycles. The van der Waals surface area contributed by atoms with E-state index in [-0.39, 0.29) is 6.61 Å². The molecular formula is C7H13ClO3. The van der Waals surface area contributed by atoms with Crippen molar-refractivity contribution >= 4 is 16.8 Å². The average molecular weight is 181 g/mol. The number of rotatable bonds is 7. The van der Waals surface area contributed by atoms with Crippen molar-refractivity contribution in [2.45, 2.75) is 13.3 Å². The highest BCUT2D eigenvalue weighted by Crippen LogP contribution is 1.84. The molecule has 0 unspecified atom stereocenters. The smallest absolute Gasteiger partial charge is 0.247 e. The molecule has 3 nitrogen and oxygen atoms in total. The van der Waals surface area contributed by atoms with E-state index < -0.39 is 5.24 Å². The molecule has 0 aliphatic rings. The van der Waals surface area contributed by atoms with Crippen LogP contribution in [0.5, 0.6) is 0 Å². The summed E-state index contributed by atoms with van der Waals surface area (Å²) in [5.74, 6) is 0. The maximum atomic E-state index is 10.1. The molecule has 0 bridgehead atoms. The lowest BCUT2D eigenvalue weighted by molar-refractivity contribution is -0.116. The van der Waals surface area contributed by atoms with Gasteiger partial charge in [0, 0.05) is 6.61 Å². The van der Waals surface area contributed by atoms with Crippen LogP contribution >= 0.6 is 11.6 Å². The lowest BCUT2D eigenvalue weighted by atomic mass is 10.5. The standard InChI is InChI=1S/C7H13ClO3/c1-2-3-10-4-5-11-6-7(8)9/h2-6H2,1H3. The van der Waals surface area contributed by atoms with Crippen LogP contribution in [0.25, 0.3) is 0 Å². The molecule has 0 atom stereocenters. The molecular weight excluding hydrogens is 168 g/mol. The molecule has 0 amide bonds. The van der Waals surface area contributed by atoms with Crippen LogP contribution in [-0.4, -0.2) is 31.7 Å². The van der Waals surface area contributed by atoms with Crippen molar-refractivity contribution in [1.29, 1.82) is 0 Å². The van der Waals surface area contributed by atoms with Crippen molar-refractivity contribution < 1.29 is 14.3 Å². The van der Waals surface area contributed by atoms with Crippen molar-refractivity contribution in [1.82, 2.24) is 0 Å². The molecule has 0 saturated carbocycles. The van der Waals surface area contributed by atoms with Gasteiger partial charge in [0.2, 0.25) is 5.24 Å². The third kappa shape index (κ3) is 9.88. The van der Waals surface area contributed by atoms with Gasteiger partial charge in [-0.05, 0) is 18.0 Å². The molecule has 0 spiro atoms. The van der Waals surface area contributed by atoms with Gasteiger partial charge in [0.05, 0.1) is 13.2 Å². The molecule has 0 saturated heterocycles. The van der Waals surface area contributed by atoms with Crippen molar-refractivity contribution in [3.63, 3.8) is 0 Å². The zero-order valence-corrected chi connectivity index (χ0v) is 7.39. The lowest BCUT2D eigenvalue weighted by Gasteiger charge is -2.01. The Labute approximate surface area is 71.6 Å². The topological polar surface area (TPSA) is 35.5 Å². The summed E-state index contributed by atoms with van der Waals surface area (Å²) in [7, 11) is 0. The minimum Gasteiger partial charge on any atom is -0.379 e. The fourth-order valence-corrected chi connectivity index (χ4v) is 0.594. The van der Waals surface area contributed by atoms with Crippen molar-refractivity contribution in [3.05, 3.63) is 0 Å². The first-order valence-electron chi connectivity index (χ1n) is 3.61. The molecule has 11 heavy (non-hydrogen) atoms. The summed E-state index contributed by atoms with van der Waals surface area (Å²) in [5, 5.41) is -0.472. The van der Waals surface area contributed by atoms with E-state index in [1.165, 1.54) is 0 Å². The Balaban J connectivity index is 2.85. The largest absolute Gasteiger partial charge is 0.379 e. The first kappa shape index (κ1) is 10.9. The Morgan fingerprint density at radius 1 is 1.27 bits per heavy atom. The summed E-state index contributed by atoms with van der Waals surface area (Å²) in [5.41, 5.74) is 0. The van der Waals surface area contributed by atoms with Gasteiger partial charge in [-0.2, -0.15) is 0 Å². The Bertz CT molecular complexity index is 106. The number of hydrogen-bond acceptors (Lipinski definition) is 3. The molecule has 0 aromatic rings. The van der Waals surface area contributed by atoms with Gasteiger partial charge in [0.15, 0.2) is 0 Å². The minimum absolute atomic E-state index is 0.0307. The summed E-state index contributed by atoms with van der Waals surface area (Å²) in [4.78, 5) is 10.1. The summed E-state index contributed by atoms with van der Waals surface area (Å²) >= 11 is 5.01. The fraction of sp³-hybridized carbons (Fsp3) is 0.857. The number of carbonyl (C=O) groups excluding carboxylic acids is 1. The van der Waals surface area contributed by atoms with Crippen LogP contribution in [-0.2, 0) is 14.3 Å². The SMILES string of the molecule is CCCOCCOCC(=O)Cl. The summed E-state index contributed by atoms with van der Waals surface area (Å²) in [6.45, 7) is 3.69. The maximum Gasteiger partial charge on any atom is 0.247 e. The zero-order valence-electron chi connectivity index (χ0n) is 6.64. The van der Waals surface area contributed by atoms with Crippen LogP contribution in [0.2, 0.25) is 0 Å². The first-order chi connectivity index (χ1) is 5.27. The van der Waals surface area contributed by atoms with Crippen LogP contribution in [0.15, 0.2) is 0 Å². The van der Waals surface area contributed by atoms with E-state index in [0.717, 1.165) is 13.0 Å². The minimum atomic E-state index is -0.472. The second-order valence-corrected chi connectivity index (χ2v) is 2.44. The third-order valence-electron chi connectivity index (χ3n) is 0.936. The second-order valence-electron chi connectivity index (χ2n) is 2.02. The summed E-state index contributed by atoms with van der Waals surface area (Å²) < 4.78 is 9.92. The van der Waals surface area contributed by atoms with Gasteiger partial charge in [-0.3, -0.25) is 4.79 Å². The van der Waals surface area contributed by atoms with Crippen molar-refractivity contribution in [2.24, 2.45) is 0 Å². The molecule has 66 valence electrons. The Morgan fingerprint density at radius 2 is 1.91 bits per heavy atom. The molecule has 0 rings (SSSR count). The molecule has 0 N–H and O–H groups in total. The zero-order chi connectivity index (χ0) is 8.53. The third-order valence-corrected chi connectivity index (χ3v) is 1.05. The Kier molecular flexibility index (Phi) is 7.89. The molecule has 0 aliphatic heterocycles. The monoisotopic (exact) mass is 180 g/mol. The average Bonchev–Trinajstić information content (AvgIpc) is 1.96. The number of halogens is 1. The Hall–Kier alpha value is -0.120.